The first-order valence-corrected chi connectivity index (χ1v) is 10.5. The first kappa shape index (κ1) is 23.7. The lowest BCUT2D eigenvalue weighted by molar-refractivity contribution is -0.137. The molecule has 6 nitrogen and oxygen atoms in total. The van der Waals surface area contributed by atoms with E-state index in [1.54, 1.807) is 18.2 Å². The number of benzene rings is 2. The van der Waals surface area contributed by atoms with Crippen molar-refractivity contribution in [3.63, 3.8) is 0 Å². The van der Waals surface area contributed by atoms with Crippen LogP contribution in [0.2, 0.25) is 0 Å². The number of nitriles is 1. The number of pyridine rings is 1. The molecule has 0 aliphatic heterocycles. The quantitative estimate of drug-likeness (QED) is 0.372. The normalized spacial score (nSPS) is 11.2. The Kier molecular flexibility index (Phi) is 6.38. The van der Waals surface area contributed by atoms with Gasteiger partial charge in [0.25, 0.3) is 5.56 Å². The molecule has 176 valence electrons. The number of hydrogen-bond acceptors (Lipinski definition) is 5. The molecule has 0 fully saturated rings. The average molecular weight is 476 g/mol. The monoisotopic (exact) mass is 476 g/mol. The third kappa shape index (κ3) is 5.06. The first-order valence-electron chi connectivity index (χ1n) is 10.5. The third-order valence-corrected chi connectivity index (χ3v) is 5.45. The SMILES string of the molecule is Cc1ccc(Cn2c(-c3ccc(Oc4ncccn4)cc3)cc(C(F)(F)F)c(C#N)c2=O)c(C)c1. The summed E-state index contributed by atoms with van der Waals surface area (Å²) in [6, 6.07) is 15.8. The second kappa shape index (κ2) is 9.43. The van der Waals surface area contributed by atoms with Crippen LogP contribution in [-0.2, 0) is 12.7 Å². The molecule has 0 atom stereocenters. The van der Waals surface area contributed by atoms with Crippen molar-refractivity contribution in [2.75, 3.05) is 0 Å². The summed E-state index contributed by atoms with van der Waals surface area (Å²) in [5, 5.41) is 9.39. The highest BCUT2D eigenvalue weighted by Crippen LogP contribution is 2.34. The van der Waals surface area contributed by atoms with Gasteiger partial charge in [-0.3, -0.25) is 4.79 Å². The van der Waals surface area contributed by atoms with Crippen LogP contribution in [0, 0.1) is 25.2 Å². The van der Waals surface area contributed by atoms with Crippen molar-refractivity contribution < 1.29 is 17.9 Å². The fraction of sp³-hybridized carbons (Fsp3) is 0.154. The van der Waals surface area contributed by atoms with Gasteiger partial charge in [0.2, 0.25) is 0 Å². The van der Waals surface area contributed by atoms with Gasteiger partial charge in [-0.1, -0.05) is 23.8 Å². The highest BCUT2D eigenvalue weighted by Gasteiger charge is 2.36. The van der Waals surface area contributed by atoms with Crippen molar-refractivity contribution in [2.24, 2.45) is 0 Å². The number of halogens is 3. The van der Waals surface area contributed by atoms with Crippen molar-refractivity contribution in [2.45, 2.75) is 26.6 Å². The van der Waals surface area contributed by atoms with Gasteiger partial charge in [-0.15, -0.1) is 0 Å². The minimum absolute atomic E-state index is 0.00318. The van der Waals surface area contributed by atoms with Gasteiger partial charge in [-0.25, -0.2) is 9.97 Å². The lowest BCUT2D eigenvalue weighted by atomic mass is 10.0. The molecule has 0 aliphatic carbocycles. The van der Waals surface area contributed by atoms with Crippen molar-refractivity contribution in [1.82, 2.24) is 14.5 Å². The first-order chi connectivity index (χ1) is 16.7. The lowest BCUT2D eigenvalue weighted by Gasteiger charge is -2.19. The number of rotatable bonds is 5. The zero-order chi connectivity index (χ0) is 25.2. The van der Waals surface area contributed by atoms with Gasteiger partial charge >= 0.3 is 12.2 Å². The van der Waals surface area contributed by atoms with E-state index in [2.05, 4.69) is 9.97 Å². The van der Waals surface area contributed by atoms with E-state index in [4.69, 9.17) is 4.74 Å². The number of ether oxygens (including phenoxy) is 1. The van der Waals surface area contributed by atoms with Crippen LogP contribution in [0.5, 0.6) is 11.8 Å². The van der Waals surface area contributed by atoms with Gasteiger partial charge in [0.1, 0.15) is 17.4 Å². The Bertz CT molecular complexity index is 1470. The second-order valence-corrected chi connectivity index (χ2v) is 7.91. The topological polar surface area (TPSA) is 80.8 Å². The molecule has 0 amide bonds. The lowest BCUT2D eigenvalue weighted by Crippen LogP contribution is -2.29. The maximum absolute atomic E-state index is 13.8. The van der Waals surface area contributed by atoms with Gasteiger partial charge in [0.15, 0.2) is 0 Å². The molecule has 0 N–H and O–H groups in total. The van der Waals surface area contributed by atoms with Gasteiger partial charge in [0.05, 0.1) is 17.8 Å². The summed E-state index contributed by atoms with van der Waals surface area (Å²) in [6.07, 6.45) is -1.85. The van der Waals surface area contributed by atoms with Crippen LogP contribution >= 0.6 is 0 Å². The summed E-state index contributed by atoms with van der Waals surface area (Å²) in [7, 11) is 0. The minimum atomic E-state index is -4.87. The zero-order valence-corrected chi connectivity index (χ0v) is 18.8. The number of aryl methyl sites for hydroxylation is 2. The third-order valence-electron chi connectivity index (χ3n) is 5.45. The molecule has 2 aromatic heterocycles. The smallest absolute Gasteiger partial charge is 0.417 e. The molecule has 0 radical (unpaired) electrons. The van der Waals surface area contributed by atoms with Crippen molar-refractivity contribution in [3.8, 4) is 29.1 Å². The molecule has 0 unspecified atom stereocenters. The number of aromatic nitrogens is 3. The number of hydrogen-bond donors (Lipinski definition) is 0. The predicted molar refractivity (Wildman–Crippen MR) is 123 cm³/mol. The molecule has 0 spiro atoms. The van der Waals surface area contributed by atoms with E-state index in [0.29, 0.717) is 11.3 Å². The summed E-state index contributed by atoms with van der Waals surface area (Å²) < 4.78 is 48.0. The van der Waals surface area contributed by atoms with E-state index in [0.717, 1.165) is 22.8 Å². The second-order valence-electron chi connectivity index (χ2n) is 7.91. The van der Waals surface area contributed by atoms with Crippen molar-refractivity contribution in [1.29, 1.82) is 5.26 Å². The maximum Gasteiger partial charge on any atom is 0.417 e. The summed E-state index contributed by atoms with van der Waals surface area (Å²) in [4.78, 5) is 21.1. The van der Waals surface area contributed by atoms with Crippen LogP contribution in [0.3, 0.4) is 0 Å². The highest BCUT2D eigenvalue weighted by molar-refractivity contribution is 5.63. The van der Waals surface area contributed by atoms with Gasteiger partial charge < -0.3 is 9.30 Å². The molecule has 9 heteroatoms. The Morgan fingerprint density at radius 2 is 1.71 bits per heavy atom. The molecular formula is C26H19F3N4O2. The predicted octanol–water partition coefficient (Wildman–Crippen LogP) is 5.65. The highest BCUT2D eigenvalue weighted by atomic mass is 19.4. The average Bonchev–Trinajstić information content (AvgIpc) is 2.82. The van der Waals surface area contributed by atoms with E-state index in [1.165, 1.54) is 35.2 Å². The van der Waals surface area contributed by atoms with E-state index in [1.807, 2.05) is 32.0 Å². The molecule has 0 saturated heterocycles. The van der Waals surface area contributed by atoms with Crippen LogP contribution in [-0.4, -0.2) is 14.5 Å². The van der Waals surface area contributed by atoms with E-state index in [9.17, 15) is 23.2 Å². The Labute approximate surface area is 198 Å². The van der Waals surface area contributed by atoms with E-state index in [-0.39, 0.29) is 18.2 Å². The molecule has 4 aromatic rings. The van der Waals surface area contributed by atoms with E-state index >= 15 is 0 Å². The van der Waals surface area contributed by atoms with E-state index < -0.39 is 22.9 Å². The van der Waals surface area contributed by atoms with Gasteiger partial charge in [0, 0.05) is 12.4 Å². The summed E-state index contributed by atoms with van der Waals surface area (Å²) in [6.45, 7) is 3.79. The Morgan fingerprint density at radius 3 is 2.31 bits per heavy atom. The molecule has 35 heavy (non-hydrogen) atoms. The zero-order valence-electron chi connectivity index (χ0n) is 18.8. The fourth-order valence-electron chi connectivity index (χ4n) is 3.70. The van der Waals surface area contributed by atoms with Crippen LogP contribution < -0.4 is 10.3 Å². The Morgan fingerprint density at radius 1 is 1.03 bits per heavy atom. The van der Waals surface area contributed by atoms with Gasteiger partial charge in [-0.05, 0) is 66.9 Å². The molecule has 2 heterocycles. The molecule has 2 aromatic carbocycles. The summed E-state index contributed by atoms with van der Waals surface area (Å²) in [5.74, 6) is 0.368. The number of nitrogens with zero attached hydrogens (tertiary/aromatic N) is 4. The standard InChI is InChI=1S/C26H19F3N4O2/c1-16-4-5-19(17(2)12-16)15-33-23(13-22(26(27,28)29)21(14-30)24(33)34)18-6-8-20(9-7-18)35-25-31-10-3-11-32-25/h3-13H,15H2,1-2H3. The summed E-state index contributed by atoms with van der Waals surface area (Å²) >= 11 is 0. The van der Waals surface area contributed by atoms with Crippen LogP contribution in [0.4, 0.5) is 13.2 Å². The molecular weight excluding hydrogens is 457 g/mol. The molecule has 0 saturated carbocycles. The van der Waals surface area contributed by atoms with Crippen LogP contribution in [0.25, 0.3) is 11.3 Å². The molecule has 0 aliphatic rings. The Balaban J connectivity index is 1.84. The Hall–Kier alpha value is -4.45. The fourth-order valence-corrected chi connectivity index (χ4v) is 3.70. The largest absolute Gasteiger partial charge is 0.424 e. The maximum atomic E-state index is 13.8. The number of alkyl halides is 3. The summed E-state index contributed by atoms with van der Waals surface area (Å²) in [5.41, 5.74) is -0.178. The minimum Gasteiger partial charge on any atom is -0.424 e. The molecule has 0 bridgehead atoms. The van der Waals surface area contributed by atoms with Crippen LogP contribution in [0.1, 0.15) is 27.8 Å². The van der Waals surface area contributed by atoms with Crippen LogP contribution in [0.15, 0.2) is 71.8 Å². The van der Waals surface area contributed by atoms with Gasteiger partial charge in [-0.2, -0.15) is 18.4 Å². The molecule has 4 rings (SSSR count). The van der Waals surface area contributed by atoms with Crippen molar-refractivity contribution in [3.05, 3.63) is 105 Å². The van der Waals surface area contributed by atoms with Crippen molar-refractivity contribution >= 4 is 0 Å².